The van der Waals surface area contributed by atoms with E-state index in [2.05, 4.69) is 11.9 Å². The molecule has 0 bridgehead atoms. The normalized spacial score (nSPS) is 10.0. The van der Waals surface area contributed by atoms with Crippen LogP contribution in [0.4, 0.5) is 5.69 Å². The van der Waals surface area contributed by atoms with Gasteiger partial charge in [0.15, 0.2) is 18.9 Å². The van der Waals surface area contributed by atoms with E-state index in [4.69, 9.17) is 0 Å². The Kier molecular flexibility index (Phi) is 6.25. The predicted octanol–water partition coefficient (Wildman–Crippen LogP) is 2.15. The zero-order valence-corrected chi connectivity index (χ0v) is 13.8. The molecule has 0 aliphatic rings. The summed E-state index contributed by atoms with van der Waals surface area (Å²) < 4.78 is 2.05. The molecule has 124 valence electrons. The molecule has 5 nitrogen and oxygen atoms in total. The van der Waals surface area contributed by atoms with E-state index in [0.717, 1.165) is 12.1 Å². The Hall–Kier alpha value is -2.95. The lowest BCUT2D eigenvalue weighted by molar-refractivity contribution is -0.696. The van der Waals surface area contributed by atoms with Gasteiger partial charge in [0.2, 0.25) is 11.8 Å². The summed E-state index contributed by atoms with van der Waals surface area (Å²) in [5.74, 6) is -0.205. The minimum Gasteiger partial charge on any atom is -0.332 e. The van der Waals surface area contributed by atoms with Crippen LogP contribution < -0.4 is 9.88 Å². The van der Waals surface area contributed by atoms with Crippen molar-refractivity contribution in [3.05, 3.63) is 73.1 Å². The molecule has 2 amide bonds. The first-order valence-electron chi connectivity index (χ1n) is 7.80. The van der Waals surface area contributed by atoms with Crippen LogP contribution in [0.25, 0.3) is 0 Å². The quantitative estimate of drug-likeness (QED) is 0.627. The first kappa shape index (κ1) is 17.4. The molecule has 0 aliphatic heterocycles. The zero-order chi connectivity index (χ0) is 17.4. The summed E-state index contributed by atoms with van der Waals surface area (Å²) in [7, 11) is 0. The van der Waals surface area contributed by atoms with Gasteiger partial charge in [0, 0.05) is 31.3 Å². The highest BCUT2D eigenvalue weighted by atomic mass is 16.2. The molecule has 2 aromatic rings. The Morgan fingerprint density at radius 2 is 1.83 bits per heavy atom. The molecule has 5 heteroatoms. The first-order valence-corrected chi connectivity index (χ1v) is 7.80. The highest BCUT2D eigenvalue weighted by molar-refractivity contribution is 5.98. The SMILES string of the molecule is C=CC(=O)Nc1ccc(CN(CC[n+]2ccccc2)C(C)=O)cc1. The molecule has 0 saturated carbocycles. The molecule has 1 aromatic carbocycles. The fourth-order valence-corrected chi connectivity index (χ4v) is 2.27. The maximum Gasteiger partial charge on any atom is 0.247 e. The van der Waals surface area contributed by atoms with E-state index in [1.807, 2.05) is 59.4 Å². The lowest BCUT2D eigenvalue weighted by Crippen LogP contribution is -2.41. The van der Waals surface area contributed by atoms with Gasteiger partial charge in [-0.15, -0.1) is 0 Å². The number of hydrogen-bond acceptors (Lipinski definition) is 2. The van der Waals surface area contributed by atoms with Crippen molar-refractivity contribution in [3.63, 3.8) is 0 Å². The summed E-state index contributed by atoms with van der Waals surface area (Å²) in [6, 6.07) is 13.4. The van der Waals surface area contributed by atoms with E-state index < -0.39 is 0 Å². The van der Waals surface area contributed by atoms with Crippen molar-refractivity contribution >= 4 is 17.5 Å². The second-order valence-corrected chi connectivity index (χ2v) is 5.44. The Morgan fingerprint density at radius 1 is 1.17 bits per heavy atom. The van der Waals surface area contributed by atoms with Crippen LogP contribution in [0.5, 0.6) is 0 Å². The first-order chi connectivity index (χ1) is 11.6. The number of aromatic nitrogens is 1. The highest BCUT2D eigenvalue weighted by Crippen LogP contribution is 2.12. The minimum absolute atomic E-state index is 0.0376. The Labute approximate surface area is 142 Å². The summed E-state index contributed by atoms with van der Waals surface area (Å²) in [5.41, 5.74) is 1.72. The van der Waals surface area contributed by atoms with Gasteiger partial charge in [0.05, 0.1) is 6.54 Å². The van der Waals surface area contributed by atoms with Crippen molar-refractivity contribution in [2.45, 2.75) is 20.0 Å². The Bertz CT molecular complexity index is 696. The average Bonchev–Trinajstić information content (AvgIpc) is 2.60. The smallest absolute Gasteiger partial charge is 0.247 e. The highest BCUT2D eigenvalue weighted by Gasteiger charge is 2.12. The van der Waals surface area contributed by atoms with Crippen LogP contribution in [0.2, 0.25) is 0 Å². The molecule has 0 radical (unpaired) electrons. The maximum atomic E-state index is 11.9. The van der Waals surface area contributed by atoms with Gasteiger partial charge in [-0.3, -0.25) is 9.59 Å². The predicted molar refractivity (Wildman–Crippen MR) is 93.0 cm³/mol. The van der Waals surface area contributed by atoms with Crippen LogP contribution >= 0.6 is 0 Å². The van der Waals surface area contributed by atoms with E-state index in [1.165, 1.54) is 6.08 Å². The van der Waals surface area contributed by atoms with Crippen molar-refractivity contribution in [2.24, 2.45) is 0 Å². The average molecular weight is 324 g/mol. The molecular weight excluding hydrogens is 302 g/mol. The molecular formula is C19H22N3O2+. The van der Waals surface area contributed by atoms with Gasteiger partial charge in [-0.2, -0.15) is 0 Å². The number of carbonyl (C=O) groups excluding carboxylic acids is 2. The summed E-state index contributed by atoms with van der Waals surface area (Å²) in [6.45, 7) is 6.92. The van der Waals surface area contributed by atoms with Crippen molar-refractivity contribution < 1.29 is 14.2 Å². The van der Waals surface area contributed by atoms with Crippen LogP contribution in [-0.4, -0.2) is 23.3 Å². The summed E-state index contributed by atoms with van der Waals surface area (Å²) in [6.07, 6.45) is 5.19. The number of pyridine rings is 1. The van der Waals surface area contributed by atoms with Crippen LogP contribution in [0.3, 0.4) is 0 Å². The molecule has 1 N–H and O–H groups in total. The van der Waals surface area contributed by atoms with Crippen molar-refractivity contribution in [1.82, 2.24) is 4.90 Å². The van der Waals surface area contributed by atoms with Crippen LogP contribution in [0.15, 0.2) is 67.5 Å². The molecule has 0 atom stereocenters. The summed E-state index contributed by atoms with van der Waals surface area (Å²) in [5, 5.41) is 2.70. The molecule has 1 aromatic heterocycles. The number of carbonyl (C=O) groups is 2. The third kappa shape index (κ3) is 5.35. The van der Waals surface area contributed by atoms with Crippen LogP contribution in [0.1, 0.15) is 12.5 Å². The molecule has 2 rings (SSSR count). The lowest BCUT2D eigenvalue weighted by Gasteiger charge is -2.19. The molecule has 0 saturated heterocycles. The standard InChI is InChI=1S/C19H21N3O2/c1-3-19(24)20-18-9-7-17(8-10-18)15-22(16(2)23)14-13-21-11-5-4-6-12-21/h3-12H,1,13-15H2,2H3/p+1. The van der Waals surface area contributed by atoms with E-state index in [9.17, 15) is 9.59 Å². The number of anilines is 1. The monoisotopic (exact) mass is 324 g/mol. The van der Waals surface area contributed by atoms with Gasteiger partial charge in [-0.1, -0.05) is 24.8 Å². The van der Waals surface area contributed by atoms with Crippen molar-refractivity contribution in [1.29, 1.82) is 0 Å². The largest absolute Gasteiger partial charge is 0.332 e. The number of nitrogens with one attached hydrogen (secondary N) is 1. The van der Waals surface area contributed by atoms with Gasteiger partial charge in [0.25, 0.3) is 0 Å². The number of rotatable bonds is 7. The third-order valence-electron chi connectivity index (χ3n) is 3.63. The van der Waals surface area contributed by atoms with Crippen LogP contribution in [0, 0.1) is 0 Å². The topological polar surface area (TPSA) is 53.3 Å². The Balaban J connectivity index is 1.96. The third-order valence-corrected chi connectivity index (χ3v) is 3.63. The molecule has 1 heterocycles. The molecule has 0 spiro atoms. The van der Waals surface area contributed by atoms with E-state index in [-0.39, 0.29) is 11.8 Å². The van der Waals surface area contributed by atoms with Gasteiger partial charge < -0.3 is 10.2 Å². The summed E-state index contributed by atoms with van der Waals surface area (Å²) in [4.78, 5) is 24.9. The zero-order valence-electron chi connectivity index (χ0n) is 13.8. The van der Waals surface area contributed by atoms with Gasteiger partial charge >= 0.3 is 0 Å². The fourth-order valence-electron chi connectivity index (χ4n) is 2.27. The van der Waals surface area contributed by atoms with E-state index >= 15 is 0 Å². The second kappa shape index (κ2) is 8.62. The van der Waals surface area contributed by atoms with Crippen LogP contribution in [-0.2, 0) is 22.7 Å². The number of amides is 2. The number of hydrogen-bond donors (Lipinski definition) is 1. The minimum atomic E-state index is -0.243. The second-order valence-electron chi connectivity index (χ2n) is 5.44. The summed E-state index contributed by atoms with van der Waals surface area (Å²) >= 11 is 0. The molecule has 24 heavy (non-hydrogen) atoms. The maximum absolute atomic E-state index is 11.9. The fraction of sp³-hybridized carbons (Fsp3) is 0.211. The van der Waals surface area contributed by atoms with E-state index in [1.54, 1.807) is 11.8 Å². The molecule has 0 unspecified atom stereocenters. The number of benzene rings is 1. The van der Waals surface area contributed by atoms with Gasteiger partial charge in [-0.25, -0.2) is 4.57 Å². The molecule has 0 aliphatic carbocycles. The van der Waals surface area contributed by atoms with Gasteiger partial charge in [0.1, 0.15) is 0 Å². The van der Waals surface area contributed by atoms with Crippen molar-refractivity contribution in [2.75, 3.05) is 11.9 Å². The van der Waals surface area contributed by atoms with Gasteiger partial charge in [-0.05, 0) is 23.8 Å². The van der Waals surface area contributed by atoms with Crippen molar-refractivity contribution in [3.8, 4) is 0 Å². The molecule has 0 fully saturated rings. The lowest BCUT2D eigenvalue weighted by atomic mass is 10.2. The van der Waals surface area contributed by atoms with E-state index in [0.29, 0.717) is 18.8 Å². The Morgan fingerprint density at radius 3 is 2.42 bits per heavy atom. The number of nitrogens with zero attached hydrogens (tertiary/aromatic N) is 2.